The molecule has 1 amide bonds. The van der Waals surface area contributed by atoms with E-state index < -0.39 is 11.7 Å². The number of nitrogen functional groups attached to an aromatic ring is 1. The van der Waals surface area contributed by atoms with E-state index in [1.54, 1.807) is 9.30 Å². The number of amides is 1. The maximum absolute atomic E-state index is 13.0. The number of nitrogens with two attached hydrogens (primary N) is 1. The van der Waals surface area contributed by atoms with Gasteiger partial charge in [0.15, 0.2) is 0 Å². The first-order valence-corrected chi connectivity index (χ1v) is 8.40. The normalized spacial score (nSPS) is 13.8. The lowest BCUT2D eigenvalue weighted by molar-refractivity contribution is -0.137. The number of rotatable bonds is 3. The minimum Gasteiger partial charge on any atom is -0.399 e. The van der Waals surface area contributed by atoms with Crippen LogP contribution in [-0.4, -0.2) is 30.4 Å². The predicted octanol–water partition coefficient (Wildman–Crippen LogP) is 2.20. The molecule has 0 radical (unpaired) electrons. The summed E-state index contributed by atoms with van der Waals surface area (Å²) in [5, 5.41) is 10.8. The van der Waals surface area contributed by atoms with Crippen LogP contribution in [0.25, 0.3) is 5.78 Å². The average Bonchev–Trinajstić information content (AvgIpc) is 3.24. The number of anilines is 2. The van der Waals surface area contributed by atoms with E-state index in [1.165, 1.54) is 19.3 Å². The van der Waals surface area contributed by atoms with Crippen LogP contribution in [0.3, 0.4) is 0 Å². The minimum atomic E-state index is -4.48. The molecule has 146 valence electrons. The second kappa shape index (κ2) is 6.36. The Bertz CT molecular complexity index is 1080. The van der Waals surface area contributed by atoms with Crippen LogP contribution in [0.15, 0.2) is 24.5 Å². The van der Waals surface area contributed by atoms with E-state index in [0.29, 0.717) is 30.2 Å². The van der Waals surface area contributed by atoms with Gasteiger partial charge in [-0.25, -0.2) is 0 Å². The van der Waals surface area contributed by atoms with Gasteiger partial charge in [-0.1, -0.05) is 0 Å². The van der Waals surface area contributed by atoms with Crippen LogP contribution in [0, 0.1) is 0 Å². The molecule has 1 aromatic carbocycles. The van der Waals surface area contributed by atoms with E-state index in [2.05, 4.69) is 20.5 Å². The second-order valence-corrected chi connectivity index (χ2v) is 6.58. The molecular formula is C17H16F3N7O. The molecule has 2 aromatic heterocycles. The highest BCUT2D eigenvalue weighted by molar-refractivity contribution is 5.74. The Kier molecular flexibility index (Phi) is 4.09. The molecule has 3 heterocycles. The molecule has 0 spiro atoms. The second-order valence-electron chi connectivity index (χ2n) is 6.58. The van der Waals surface area contributed by atoms with Crippen molar-refractivity contribution in [1.29, 1.82) is 0 Å². The molecule has 1 aliphatic heterocycles. The zero-order chi connectivity index (χ0) is 20.1. The van der Waals surface area contributed by atoms with Crippen LogP contribution < -0.4 is 11.1 Å². The lowest BCUT2D eigenvalue weighted by atomic mass is 10.1. The van der Waals surface area contributed by atoms with Crippen molar-refractivity contribution in [3.05, 3.63) is 46.9 Å². The quantitative estimate of drug-likeness (QED) is 0.664. The van der Waals surface area contributed by atoms with Crippen molar-refractivity contribution in [1.82, 2.24) is 24.5 Å². The maximum atomic E-state index is 13.0. The summed E-state index contributed by atoms with van der Waals surface area (Å²) in [6.07, 6.45) is -2.96. The number of nitrogens with zero attached hydrogens (tertiary/aromatic N) is 5. The van der Waals surface area contributed by atoms with Gasteiger partial charge in [-0.2, -0.15) is 18.2 Å². The summed E-state index contributed by atoms with van der Waals surface area (Å²) in [6.45, 7) is 2.28. The molecule has 0 saturated carbocycles. The number of benzene rings is 1. The first-order chi connectivity index (χ1) is 13.2. The molecule has 0 bridgehead atoms. The molecule has 0 unspecified atom stereocenters. The highest BCUT2D eigenvalue weighted by atomic mass is 19.4. The van der Waals surface area contributed by atoms with Gasteiger partial charge in [0.05, 0.1) is 24.3 Å². The van der Waals surface area contributed by atoms with Crippen molar-refractivity contribution in [2.45, 2.75) is 32.7 Å². The summed E-state index contributed by atoms with van der Waals surface area (Å²) in [4.78, 5) is 17.8. The Morgan fingerprint density at radius 2 is 2.07 bits per heavy atom. The Labute approximate surface area is 157 Å². The first-order valence-electron chi connectivity index (χ1n) is 8.40. The smallest absolute Gasteiger partial charge is 0.399 e. The van der Waals surface area contributed by atoms with Gasteiger partial charge < -0.3 is 16.0 Å². The molecule has 8 nitrogen and oxygen atoms in total. The Morgan fingerprint density at radius 1 is 1.29 bits per heavy atom. The lowest BCUT2D eigenvalue weighted by Crippen LogP contribution is -2.22. The summed E-state index contributed by atoms with van der Waals surface area (Å²) < 4.78 is 40.7. The van der Waals surface area contributed by atoms with E-state index in [4.69, 9.17) is 5.73 Å². The third-order valence-electron chi connectivity index (χ3n) is 4.60. The van der Waals surface area contributed by atoms with Gasteiger partial charge in [0.25, 0.3) is 5.78 Å². The average molecular weight is 391 g/mol. The largest absolute Gasteiger partial charge is 0.416 e. The molecule has 3 N–H and O–H groups in total. The number of carbonyl (C=O) groups is 1. The molecule has 0 saturated heterocycles. The number of hydrogen-bond donors (Lipinski definition) is 2. The Balaban J connectivity index is 1.66. The van der Waals surface area contributed by atoms with E-state index >= 15 is 0 Å². The van der Waals surface area contributed by atoms with E-state index in [1.807, 2.05) is 0 Å². The fourth-order valence-corrected chi connectivity index (χ4v) is 3.25. The van der Waals surface area contributed by atoms with Crippen molar-refractivity contribution in [2.24, 2.45) is 0 Å². The number of fused-ring (bicyclic) bond motifs is 3. The molecule has 28 heavy (non-hydrogen) atoms. The van der Waals surface area contributed by atoms with E-state index in [-0.39, 0.29) is 18.1 Å². The van der Waals surface area contributed by atoms with E-state index in [0.717, 1.165) is 23.4 Å². The number of hydrogen-bond acceptors (Lipinski definition) is 6. The summed E-state index contributed by atoms with van der Waals surface area (Å²) in [6, 6.07) is 3.41. The van der Waals surface area contributed by atoms with Crippen molar-refractivity contribution < 1.29 is 18.0 Å². The lowest BCUT2D eigenvalue weighted by Gasteiger charge is -2.14. The van der Waals surface area contributed by atoms with Crippen molar-refractivity contribution in [3.63, 3.8) is 0 Å². The molecule has 3 aromatic rings. The topological polar surface area (TPSA) is 101 Å². The third-order valence-corrected chi connectivity index (χ3v) is 4.60. The fourth-order valence-electron chi connectivity index (χ4n) is 3.25. The fraction of sp³-hybridized carbons (Fsp3) is 0.294. The van der Waals surface area contributed by atoms with Crippen LogP contribution in [-0.2, 0) is 30.6 Å². The van der Waals surface area contributed by atoms with Crippen molar-refractivity contribution >= 4 is 23.2 Å². The van der Waals surface area contributed by atoms with Gasteiger partial charge >= 0.3 is 6.18 Å². The van der Waals surface area contributed by atoms with Crippen molar-refractivity contribution in [3.8, 4) is 0 Å². The first kappa shape index (κ1) is 18.0. The molecule has 0 fully saturated rings. The summed E-state index contributed by atoms with van der Waals surface area (Å²) in [5.41, 5.74) is 6.80. The van der Waals surface area contributed by atoms with Gasteiger partial charge in [-0.15, -0.1) is 10.2 Å². The predicted molar refractivity (Wildman–Crippen MR) is 93.9 cm³/mol. The van der Waals surface area contributed by atoms with Crippen LogP contribution in [0.2, 0.25) is 0 Å². The molecule has 0 aliphatic carbocycles. The van der Waals surface area contributed by atoms with Gasteiger partial charge in [-0.05, 0) is 23.8 Å². The minimum absolute atomic E-state index is 0.0282. The third kappa shape index (κ3) is 3.19. The summed E-state index contributed by atoms with van der Waals surface area (Å²) >= 11 is 0. The maximum Gasteiger partial charge on any atom is 0.416 e. The molecule has 4 rings (SSSR count). The van der Waals surface area contributed by atoms with Crippen LogP contribution >= 0.6 is 0 Å². The highest BCUT2D eigenvalue weighted by Gasteiger charge is 2.31. The standard InChI is InChI=1S/C17H16F3N7O/c1-9(28)26-6-13-14(7-26)27-8-23-25-16(27)24-15(13)22-5-10-2-11(17(18,19)20)4-12(21)3-10/h2-4,8H,5-7,21H2,1H3,(H,22,24,25). The van der Waals surface area contributed by atoms with Crippen LogP contribution in [0.5, 0.6) is 0 Å². The number of carbonyl (C=O) groups excluding carboxylic acids is 1. The Morgan fingerprint density at radius 3 is 2.79 bits per heavy atom. The van der Waals surface area contributed by atoms with Crippen molar-refractivity contribution in [2.75, 3.05) is 11.1 Å². The monoisotopic (exact) mass is 391 g/mol. The van der Waals surface area contributed by atoms with Crippen LogP contribution in [0.4, 0.5) is 24.7 Å². The summed E-state index contributed by atoms with van der Waals surface area (Å²) in [5.74, 6) is 0.708. The highest BCUT2D eigenvalue weighted by Crippen LogP contribution is 2.32. The Hall–Kier alpha value is -3.37. The molecule has 0 atom stereocenters. The molecular weight excluding hydrogens is 375 g/mol. The number of alkyl halides is 3. The zero-order valence-corrected chi connectivity index (χ0v) is 14.8. The molecule has 1 aliphatic rings. The number of nitrogens with one attached hydrogen (secondary N) is 1. The molecule has 11 heteroatoms. The number of halogens is 3. The van der Waals surface area contributed by atoms with E-state index in [9.17, 15) is 18.0 Å². The van der Waals surface area contributed by atoms with Gasteiger partial charge in [0.1, 0.15) is 12.1 Å². The zero-order valence-electron chi connectivity index (χ0n) is 14.8. The number of aromatic nitrogens is 4. The van der Waals surface area contributed by atoms with Gasteiger partial charge in [-0.3, -0.25) is 9.20 Å². The van der Waals surface area contributed by atoms with Gasteiger partial charge in [0.2, 0.25) is 5.91 Å². The van der Waals surface area contributed by atoms with Crippen LogP contribution in [0.1, 0.15) is 29.3 Å². The summed E-state index contributed by atoms with van der Waals surface area (Å²) in [7, 11) is 0. The van der Waals surface area contributed by atoms with Gasteiger partial charge in [0, 0.05) is 24.7 Å². The SMILES string of the molecule is CC(=O)N1Cc2c(NCc3cc(N)cc(C(F)(F)F)c3)nc3nncn3c2C1.